The maximum Gasteiger partial charge on any atom is 0.0622 e. The molecule has 3 atom stereocenters. The lowest BCUT2D eigenvalue weighted by Gasteiger charge is -2.50. The van der Waals surface area contributed by atoms with E-state index < -0.39 is 0 Å². The van der Waals surface area contributed by atoms with E-state index >= 15 is 0 Å². The summed E-state index contributed by atoms with van der Waals surface area (Å²) in [5.41, 5.74) is 0.161. The van der Waals surface area contributed by atoms with Crippen molar-refractivity contribution in [2.24, 2.45) is 17.3 Å². The third-order valence-corrected chi connectivity index (χ3v) is 4.66. The van der Waals surface area contributed by atoms with Gasteiger partial charge < -0.3 is 5.11 Å². The van der Waals surface area contributed by atoms with Gasteiger partial charge >= 0.3 is 0 Å². The van der Waals surface area contributed by atoms with E-state index in [1.165, 1.54) is 25.7 Å². The lowest BCUT2D eigenvalue weighted by Crippen LogP contribution is -2.44. The molecule has 0 amide bonds. The molecule has 0 aromatic rings. The zero-order valence-corrected chi connectivity index (χ0v) is 9.84. The normalized spacial score (nSPS) is 47.1. The molecule has 0 spiro atoms. The first-order valence-corrected chi connectivity index (χ1v) is 6.13. The van der Waals surface area contributed by atoms with Gasteiger partial charge in [-0.1, -0.05) is 26.7 Å². The van der Waals surface area contributed by atoms with Crippen molar-refractivity contribution in [3.63, 3.8) is 0 Å². The molecule has 0 saturated heterocycles. The summed E-state index contributed by atoms with van der Waals surface area (Å²) in [6.45, 7) is 6.86. The van der Waals surface area contributed by atoms with Gasteiger partial charge in [0, 0.05) is 0 Å². The number of fused-ring (bicyclic) bond motifs is 1. The summed E-state index contributed by atoms with van der Waals surface area (Å²) in [4.78, 5) is 0. The van der Waals surface area contributed by atoms with Crippen LogP contribution < -0.4 is 0 Å². The van der Waals surface area contributed by atoms with Gasteiger partial charge in [-0.2, -0.15) is 0 Å². The standard InChI is InChI=1S/C13H24O/c1-12(2)7-4-5-10-9-13(3,14)8-6-11(10)12/h10-11,14H,4-9H2,1-3H3/t10-,11-,13+/m0/s1. The lowest BCUT2D eigenvalue weighted by molar-refractivity contribution is -0.0654. The van der Waals surface area contributed by atoms with Crippen molar-refractivity contribution in [3.05, 3.63) is 0 Å². The van der Waals surface area contributed by atoms with Gasteiger partial charge in [0.1, 0.15) is 0 Å². The van der Waals surface area contributed by atoms with Gasteiger partial charge in [-0.3, -0.25) is 0 Å². The molecular formula is C13H24O. The predicted octanol–water partition coefficient (Wildman–Crippen LogP) is 3.36. The Morgan fingerprint density at radius 3 is 2.50 bits per heavy atom. The Hall–Kier alpha value is -0.0400. The molecule has 0 aliphatic heterocycles. The van der Waals surface area contributed by atoms with Crippen LogP contribution in [0.5, 0.6) is 0 Å². The molecule has 2 saturated carbocycles. The molecule has 14 heavy (non-hydrogen) atoms. The third-order valence-electron chi connectivity index (χ3n) is 4.66. The topological polar surface area (TPSA) is 20.2 Å². The molecule has 2 fully saturated rings. The summed E-state index contributed by atoms with van der Waals surface area (Å²) >= 11 is 0. The monoisotopic (exact) mass is 196 g/mol. The van der Waals surface area contributed by atoms with Crippen molar-refractivity contribution in [1.29, 1.82) is 0 Å². The van der Waals surface area contributed by atoms with Crippen molar-refractivity contribution < 1.29 is 5.11 Å². The van der Waals surface area contributed by atoms with Crippen LogP contribution in [0.4, 0.5) is 0 Å². The van der Waals surface area contributed by atoms with Crippen LogP contribution in [0, 0.1) is 17.3 Å². The predicted molar refractivity (Wildman–Crippen MR) is 59.1 cm³/mol. The molecule has 0 bridgehead atoms. The van der Waals surface area contributed by atoms with Crippen LogP contribution in [0.2, 0.25) is 0 Å². The van der Waals surface area contributed by atoms with E-state index in [9.17, 15) is 5.11 Å². The van der Waals surface area contributed by atoms with E-state index in [1.807, 2.05) is 6.92 Å². The fourth-order valence-corrected chi connectivity index (χ4v) is 3.85. The maximum atomic E-state index is 10.1. The highest BCUT2D eigenvalue weighted by Gasteiger charge is 2.44. The molecule has 0 heterocycles. The summed E-state index contributed by atoms with van der Waals surface area (Å²) < 4.78 is 0. The van der Waals surface area contributed by atoms with Gasteiger partial charge in [0.15, 0.2) is 0 Å². The van der Waals surface area contributed by atoms with E-state index in [0.717, 1.165) is 24.7 Å². The Morgan fingerprint density at radius 2 is 1.79 bits per heavy atom. The van der Waals surface area contributed by atoms with Gasteiger partial charge in [-0.15, -0.1) is 0 Å². The van der Waals surface area contributed by atoms with Crippen LogP contribution in [0.3, 0.4) is 0 Å². The molecule has 1 nitrogen and oxygen atoms in total. The van der Waals surface area contributed by atoms with Gasteiger partial charge in [0.2, 0.25) is 0 Å². The van der Waals surface area contributed by atoms with Crippen molar-refractivity contribution in [2.75, 3.05) is 0 Å². The van der Waals surface area contributed by atoms with Crippen LogP contribution in [0.1, 0.15) is 59.3 Å². The average Bonchev–Trinajstić information content (AvgIpc) is 2.00. The van der Waals surface area contributed by atoms with Crippen molar-refractivity contribution >= 4 is 0 Å². The highest BCUT2D eigenvalue weighted by molar-refractivity contribution is 4.95. The van der Waals surface area contributed by atoms with E-state index in [0.29, 0.717) is 5.41 Å². The minimum Gasteiger partial charge on any atom is -0.390 e. The fraction of sp³-hybridized carbons (Fsp3) is 1.00. The van der Waals surface area contributed by atoms with Gasteiger partial charge in [0.25, 0.3) is 0 Å². The highest BCUT2D eigenvalue weighted by atomic mass is 16.3. The van der Waals surface area contributed by atoms with Gasteiger partial charge in [-0.05, 0) is 49.9 Å². The first-order valence-electron chi connectivity index (χ1n) is 6.13. The molecule has 2 aliphatic carbocycles. The summed E-state index contributed by atoms with van der Waals surface area (Å²) in [5, 5.41) is 10.1. The summed E-state index contributed by atoms with van der Waals surface area (Å²) in [6, 6.07) is 0. The van der Waals surface area contributed by atoms with E-state index in [2.05, 4.69) is 13.8 Å². The summed E-state index contributed by atoms with van der Waals surface area (Å²) in [6.07, 6.45) is 7.40. The number of aliphatic hydroxyl groups is 1. The van der Waals surface area contributed by atoms with Crippen LogP contribution >= 0.6 is 0 Å². The number of hydrogen-bond acceptors (Lipinski definition) is 1. The molecule has 0 radical (unpaired) electrons. The second-order valence-electron chi connectivity index (χ2n) is 6.49. The zero-order chi connectivity index (χ0) is 10.4. The summed E-state index contributed by atoms with van der Waals surface area (Å²) in [7, 11) is 0. The molecule has 2 aliphatic rings. The first kappa shape index (κ1) is 10.5. The minimum absolute atomic E-state index is 0.366. The van der Waals surface area contributed by atoms with Crippen LogP contribution in [-0.4, -0.2) is 10.7 Å². The van der Waals surface area contributed by atoms with Crippen LogP contribution in [0.25, 0.3) is 0 Å². The van der Waals surface area contributed by atoms with Crippen molar-refractivity contribution in [2.45, 2.75) is 64.9 Å². The lowest BCUT2D eigenvalue weighted by atomic mass is 9.57. The van der Waals surface area contributed by atoms with Gasteiger partial charge in [-0.25, -0.2) is 0 Å². The Morgan fingerprint density at radius 1 is 1.07 bits per heavy atom. The Bertz CT molecular complexity index is 217. The van der Waals surface area contributed by atoms with E-state index in [1.54, 1.807) is 0 Å². The second kappa shape index (κ2) is 3.23. The number of rotatable bonds is 0. The highest BCUT2D eigenvalue weighted by Crippen LogP contribution is 2.52. The molecule has 1 heteroatoms. The fourth-order valence-electron chi connectivity index (χ4n) is 3.85. The van der Waals surface area contributed by atoms with E-state index in [4.69, 9.17) is 0 Å². The Labute approximate surface area is 87.9 Å². The molecule has 0 aromatic heterocycles. The Balaban J connectivity index is 2.11. The molecule has 2 rings (SSSR count). The van der Waals surface area contributed by atoms with Crippen LogP contribution in [0.15, 0.2) is 0 Å². The van der Waals surface area contributed by atoms with Crippen LogP contribution in [-0.2, 0) is 0 Å². The molecule has 0 aromatic carbocycles. The zero-order valence-electron chi connectivity index (χ0n) is 9.84. The van der Waals surface area contributed by atoms with E-state index in [-0.39, 0.29) is 5.60 Å². The molecule has 0 unspecified atom stereocenters. The number of hydrogen-bond donors (Lipinski definition) is 1. The second-order valence-corrected chi connectivity index (χ2v) is 6.49. The molecule has 1 N–H and O–H groups in total. The average molecular weight is 196 g/mol. The largest absolute Gasteiger partial charge is 0.390 e. The quantitative estimate of drug-likeness (QED) is 0.630. The smallest absolute Gasteiger partial charge is 0.0622 e. The minimum atomic E-state index is -0.366. The molecular weight excluding hydrogens is 172 g/mol. The van der Waals surface area contributed by atoms with Gasteiger partial charge in [0.05, 0.1) is 5.60 Å². The summed E-state index contributed by atoms with van der Waals surface area (Å²) in [5.74, 6) is 1.67. The Kier molecular flexibility index (Phi) is 2.42. The maximum absolute atomic E-state index is 10.1. The van der Waals surface area contributed by atoms with Crippen molar-refractivity contribution in [1.82, 2.24) is 0 Å². The molecule has 82 valence electrons. The SMILES string of the molecule is CC1(C)CCC[C@H]2C[C@](C)(O)CC[C@@H]21. The first-order chi connectivity index (χ1) is 6.41. The van der Waals surface area contributed by atoms with Crippen molar-refractivity contribution in [3.8, 4) is 0 Å². The third kappa shape index (κ3) is 1.84.